The van der Waals surface area contributed by atoms with Gasteiger partial charge < -0.3 is 4.90 Å². The number of rotatable bonds is 8. The van der Waals surface area contributed by atoms with Gasteiger partial charge in [-0.2, -0.15) is 5.26 Å². The summed E-state index contributed by atoms with van der Waals surface area (Å²) in [7, 11) is -3.54. The Morgan fingerprint density at radius 2 is 2.05 bits per heavy atom. The molecule has 20 heavy (non-hydrogen) atoms. The van der Waals surface area contributed by atoms with E-state index in [-0.39, 0.29) is 10.6 Å². The van der Waals surface area contributed by atoms with Gasteiger partial charge in [0.25, 0.3) is 0 Å². The molecule has 0 aliphatic carbocycles. The molecule has 110 valence electrons. The minimum absolute atomic E-state index is 0.0827. The van der Waals surface area contributed by atoms with E-state index in [9.17, 15) is 8.42 Å². The predicted molar refractivity (Wildman–Crippen MR) is 76.5 cm³/mol. The lowest BCUT2D eigenvalue weighted by Gasteiger charge is -2.17. The number of nitrogens with zero attached hydrogens (tertiary/aromatic N) is 3. The summed E-state index contributed by atoms with van der Waals surface area (Å²) in [6, 6.07) is 4.63. The van der Waals surface area contributed by atoms with Crippen molar-refractivity contribution < 1.29 is 8.42 Å². The Bertz CT molecular complexity index is 545. The molecule has 7 heteroatoms. The number of nitrogens with one attached hydrogen (secondary N) is 1. The highest BCUT2D eigenvalue weighted by Crippen LogP contribution is 2.07. The maximum Gasteiger partial charge on any atom is 0.242 e. The van der Waals surface area contributed by atoms with Gasteiger partial charge in [-0.15, -0.1) is 0 Å². The van der Waals surface area contributed by atoms with Crippen LogP contribution in [0.3, 0.4) is 0 Å². The van der Waals surface area contributed by atoms with Crippen LogP contribution in [-0.2, 0) is 10.0 Å². The highest BCUT2D eigenvalue weighted by atomic mass is 32.2. The van der Waals surface area contributed by atoms with Crippen molar-refractivity contribution in [2.75, 3.05) is 26.2 Å². The maximum absolute atomic E-state index is 12.0. The third-order valence-electron chi connectivity index (χ3n) is 3.00. The minimum Gasteiger partial charge on any atom is -0.304 e. The third-order valence-corrected chi connectivity index (χ3v) is 4.45. The molecule has 0 amide bonds. The second-order valence-corrected chi connectivity index (χ2v) is 6.04. The SMILES string of the molecule is CCN(CC)CCCNS(=O)(=O)c1ccc(C#N)nc1. The fourth-order valence-corrected chi connectivity index (χ4v) is 2.76. The number of pyridine rings is 1. The van der Waals surface area contributed by atoms with Crippen molar-refractivity contribution in [2.24, 2.45) is 0 Å². The summed E-state index contributed by atoms with van der Waals surface area (Å²) in [5.41, 5.74) is 0.200. The Morgan fingerprint density at radius 3 is 2.55 bits per heavy atom. The van der Waals surface area contributed by atoms with Crippen LogP contribution in [0.1, 0.15) is 26.0 Å². The van der Waals surface area contributed by atoms with Crippen LogP contribution < -0.4 is 4.72 Å². The number of aromatic nitrogens is 1. The zero-order chi connectivity index (χ0) is 15.0. The third kappa shape index (κ3) is 4.89. The Labute approximate surface area is 120 Å². The normalized spacial score (nSPS) is 11.5. The molecule has 0 bridgehead atoms. The van der Waals surface area contributed by atoms with Gasteiger partial charge in [-0.25, -0.2) is 18.1 Å². The molecular weight excluding hydrogens is 276 g/mol. The van der Waals surface area contributed by atoms with Crippen molar-refractivity contribution in [1.82, 2.24) is 14.6 Å². The summed E-state index contributed by atoms with van der Waals surface area (Å²) in [6.45, 7) is 7.33. The number of nitriles is 1. The first-order valence-electron chi connectivity index (χ1n) is 6.61. The van der Waals surface area contributed by atoms with Crippen LogP contribution in [0.5, 0.6) is 0 Å². The van der Waals surface area contributed by atoms with Crippen molar-refractivity contribution in [3.63, 3.8) is 0 Å². The van der Waals surface area contributed by atoms with Crippen molar-refractivity contribution >= 4 is 10.0 Å². The molecule has 0 spiro atoms. The highest BCUT2D eigenvalue weighted by Gasteiger charge is 2.13. The van der Waals surface area contributed by atoms with E-state index in [0.29, 0.717) is 6.54 Å². The second-order valence-electron chi connectivity index (χ2n) is 4.27. The molecule has 1 N–H and O–H groups in total. The number of sulfonamides is 1. The predicted octanol–water partition coefficient (Wildman–Crippen LogP) is 0.963. The van der Waals surface area contributed by atoms with E-state index in [2.05, 4.69) is 28.5 Å². The molecule has 6 nitrogen and oxygen atoms in total. The number of hydrogen-bond acceptors (Lipinski definition) is 5. The zero-order valence-corrected chi connectivity index (χ0v) is 12.7. The van der Waals surface area contributed by atoms with Crippen LogP contribution in [0.4, 0.5) is 0 Å². The monoisotopic (exact) mass is 296 g/mol. The Kier molecular flexibility index (Phi) is 6.58. The van der Waals surface area contributed by atoms with E-state index in [1.54, 1.807) is 0 Å². The van der Waals surface area contributed by atoms with Crippen LogP contribution in [0, 0.1) is 11.3 Å². The standard InChI is InChI=1S/C13H20N4O2S/c1-3-17(4-2)9-5-8-16-20(18,19)13-7-6-12(10-14)15-11-13/h6-7,11,16H,3-5,8-9H2,1-2H3. The van der Waals surface area contributed by atoms with Gasteiger partial charge in [0.1, 0.15) is 16.7 Å². The highest BCUT2D eigenvalue weighted by molar-refractivity contribution is 7.89. The van der Waals surface area contributed by atoms with Gasteiger partial charge in [0, 0.05) is 12.7 Å². The van der Waals surface area contributed by atoms with Crippen molar-refractivity contribution in [3.8, 4) is 6.07 Å². The van der Waals surface area contributed by atoms with E-state index in [1.807, 2.05) is 6.07 Å². The average molecular weight is 296 g/mol. The zero-order valence-electron chi connectivity index (χ0n) is 11.8. The lowest BCUT2D eigenvalue weighted by Crippen LogP contribution is -2.30. The molecule has 1 aromatic heterocycles. The Balaban J connectivity index is 2.51. The molecule has 0 unspecified atom stereocenters. The Hall–Kier alpha value is -1.49. The molecule has 0 fully saturated rings. The Morgan fingerprint density at radius 1 is 1.35 bits per heavy atom. The smallest absolute Gasteiger partial charge is 0.242 e. The van der Waals surface area contributed by atoms with Crippen LogP contribution in [0.15, 0.2) is 23.2 Å². The molecule has 0 aromatic carbocycles. The molecule has 0 aliphatic rings. The quantitative estimate of drug-likeness (QED) is 0.722. The first-order valence-corrected chi connectivity index (χ1v) is 8.10. The van der Waals surface area contributed by atoms with Gasteiger partial charge >= 0.3 is 0 Å². The lowest BCUT2D eigenvalue weighted by molar-refractivity contribution is 0.300. The number of hydrogen-bond donors (Lipinski definition) is 1. The molecule has 0 radical (unpaired) electrons. The van der Waals surface area contributed by atoms with E-state index in [1.165, 1.54) is 18.3 Å². The molecule has 0 saturated heterocycles. The summed E-state index contributed by atoms with van der Waals surface area (Å²) in [6.07, 6.45) is 1.95. The van der Waals surface area contributed by atoms with Gasteiger partial charge in [-0.3, -0.25) is 0 Å². The molecule has 0 saturated carbocycles. The second kappa shape index (κ2) is 7.94. The van der Waals surface area contributed by atoms with Gasteiger partial charge in [-0.1, -0.05) is 13.8 Å². The van der Waals surface area contributed by atoms with Gasteiger partial charge in [-0.05, 0) is 38.2 Å². The van der Waals surface area contributed by atoms with Crippen molar-refractivity contribution in [3.05, 3.63) is 24.0 Å². The molecular formula is C13H20N4O2S. The largest absolute Gasteiger partial charge is 0.304 e. The van der Waals surface area contributed by atoms with E-state index < -0.39 is 10.0 Å². The first kappa shape index (κ1) is 16.6. The van der Waals surface area contributed by atoms with Gasteiger partial charge in [0.05, 0.1) is 0 Å². The lowest BCUT2D eigenvalue weighted by atomic mass is 10.4. The van der Waals surface area contributed by atoms with Gasteiger partial charge in [0.2, 0.25) is 10.0 Å². The van der Waals surface area contributed by atoms with Crippen LogP contribution in [0.25, 0.3) is 0 Å². The van der Waals surface area contributed by atoms with E-state index in [4.69, 9.17) is 5.26 Å². The molecule has 1 heterocycles. The van der Waals surface area contributed by atoms with E-state index in [0.717, 1.165) is 26.1 Å². The summed E-state index contributed by atoms with van der Waals surface area (Å²) >= 11 is 0. The fourth-order valence-electron chi connectivity index (χ4n) is 1.74. The first-order chi connectivity index (χ1) is 9.53. The summed E-state index contributed by atoms with van der Waals surface area (Å²) < 4.78 is 26.5. The van der Waals surface area contributed by atoms with Crippen molar-refractivity contribution in [1.29, 1.82) is 5.26 Å². The fraction of sp³-hybridized carbons (Fsp3) is 0.538. The molecule has 0 atom stereocenters. The van der Waals surface area contributed by atoms with Crippen LogP contribution >= 0.6 is 0 Å². The summed E-state index contributed by atoms with van der Waals surface area (Å²) in [5.74, 6) is 0. The maximum atomic E-state index is 12.0. The average Bonchev–Trinajstić information content (AvgIpc) is 2.47. The van der Waals surface area contributed by atoms with Crippen LogP contribution in [0.2, 0.25) is 0 Å². The molecule has 0 aliphatic heterocycles. The van der Waals surface area contributed by atoms with Gasteiger partial charge in [0.15, 0.2) is 0 Å². The summed E-state index contributed by atoms with van der Waals surface area (Å²) in [4.78, 5) is 6.07. The van der Waals surface area contributed by atoms with E-state index >= 15 is 0 Å². The molecule has 1 aromatic rings. The molecule has 1 rings (SSSR count). The topological polar surface area (TPSA) is 86.1 Å². The minimum atomic E-state index is -3.54. The summed E-state index contributed by atoms with van der Waals surface area (Å²) in [5, 5.41) is 8.62. The van der Waals surface area contributed by atoms with Crippen molar-refractivity contribution in [2.45, 2.75) is 25.2 Å². The van der Waals surface area contributed by atoms with Crippen LogP contribution in [-0.4, -0.2) is 44.5 Å².